The van der Waals surface area contributed by atoms with E-state index in [0.29, 0.717) is 0 Å². The highest BCUT2D eigenvalue weighted by atomic mass is 16.3. The molecule has 2 heteroatoms. The summed E-state index contributed by atoms with van der Waals surface area (Å²) >= 11 is 0. The molecule has 0 aromatic heterocycles. The fourth-order valence-corrected chi connectivity index (χ4v) is 1.44. The molecule has 0 bridgehead atoms. The van der Waals surface area contributed by atoms with Crippen molar-refractivity contribution in [2.24, 2.45) is 0 Å². The lowest BCUT2D eigenvalue weighted by Gasteiger charge is -2.27. The van der Waals surface area contributed by atoms with E-state index in [2.05, 4.69) is 11.0 Å². The Morgan fingerprint density at radius 3 is 3.08 bits per heavy atom. The van der Waals surface area contributed by atoms with Crippen molar-refractivity contribution in [3.63, 3.8) is 0 Å². The van der Waals surface area contributed by atoms with E-state index in [9.17, 15) is 0 Å². The standard InChI is InChI=1S/C10H11NO/c12-8-9-4-3-7-11-6-2-1-5-10(9)11/h1-5,7,12H,6,8H2. The van der Waals surface area contributed by atoms with Crippen molar-refractivity contribution in [3.05, 3.63) is 47.9 Å². The Morgan fingerprint density at radius 1 is 1.33 bits per heavy atom. The second-order valence-electron chi connectivity index (χ2n) is 2.82. The summed E-state index contributed by atoms with van der Waals surface area (Å²) in [7, 11) is 0. The number of aliphatic hydroxyl groups excluding tert-OH is 1. The van der Waals surface area contributed by atoms with E-state index < -0.39 is 0 Å². The number of allylic oxidation sites excluding steroid dienone is 4. The largest absolute Gasteiger partial charge is 0.392 e. The van der Waals surface area contributed by atoms with Gasteiger partial charge in [0.15, 0.2) is 0 Å². The minimum Gasteiger partial charge on any atom is -0.392 e. The predicted molar refractivity (Wildman–Crippen MR) is 48.2 cm³/mol. The molecule has 2 nitrogen and oxygen atoms in total. The van der Waals surface area contributed by atoms with Crippen molar-refractivity contribution < 1.29 is 5.11 Å². The third kappa shape index (κ3) is 1.10. The van der Waals surface area contributed by atoms with Crippen molar-refractivity contribution in [2.75, 3.05) is 13.2 Å². The molecule has 0 saturated carbocycles. The van der Waals surface area contributed by atoms with Gasteiger partial charge in [-0.2, -0.15) is 0 Å². The molecule has 2 aliphatic heterocycles. The summed E-state index contributed by atoms with van der Waals surface area (Å²) in [6.45, 7) is 1.01. The molecule has 0 atom stereocenters. The van der Waals surface area contributed by atoms with E-state index in [-0.39, 0.29) is 6.61 Å². The molecule has 0 radical (unpaired) electrons. The van der Waals surface area contributed by atoms with E-state index in [1.54, 1.807) is 0 Å². The fraction of sp³-hybridized carbons (Fsp3) is 0.200. The molecule has 1 N–H and O–H groups in total. The normalized spacial score (nSPS) is 20.2. The highest BCUT2D eigenvalue weighted by molar-refractivity contribution is 5.41. The first-order valence-electron chi connectivity index (χ1n) is 4.04. The Hall–Kier alpha value is -1.28. The van der Waals surface area contributed by atoms with Gasteiger partial charge in [0, 0.05) is 24.0 Å². The molecule has 2 rings (SSSR count). The summed E-state index contributed by atoms with van der Waals surface area (Å²) in [6, 6.07) is 0. The van der Waals surface area contributed by atoms with Gasteiger partial charge in [0.05, 0.1) is 6.61 Å². The van der Waals surface area contributed by atoms with Crippen molar-refractivity contribution >= 4 is 0 Å². The number of aliphatic hydroxyl groups is 1. The topological polar surface area (TPSA) is 23.5 Å². The van der Waals surface area contributed by atoms with E-state index in [0.717, 1.165) is 17.8 Å². The summed E-state index contributed by atoms with van der Waals surface area (Å²) in [5, 5.41) is 9.04. The maximum Gasteiger partial charge on any atom is 0.0702 e. The van der Waals surface area contributed by atoms with E-state index >= 15 is 0 Å². The van der Waals surface area contributed by atoms with Crippen LogP contribution in [0.4, 0.5) is 0 Å². The van der Waals surface area contributed by atoms with E-state index in [1.165, 1.54) is 0 Å². The SMILES string of the molecule is OCC1=CC=CN2CC=CC=C12. The van der Waals surface area contributed by atoms with Gasteiger partial charge >= 0.3 is 0 Å². The van der Waals surface area contributed by atoms with Gasteiger partial charge in [-0.3, -0.25) is 0 Å². The van der Waals surface area contributed by atoms with Crippen LogP contribution in [0, 0.1) is 0 Å². The first-order chi connectivity index (χ1) is 5.92. The molecular weight excluding hydrogens is 150 g/mol. The third-order valence-electron chi connectivity index (χ3n) is 2.06. The third-order valence-corrected chi connectivity index (χ3v) is 2.06. The Balaban J connectivity index is 2.35. The maximum atomic E-state index is 9.04. The number of fused-ring (bicyclic) bond motifs is 1. The van der Waals surface area contributed by atoms with Gasteiger partial charge in [0.2, 0.25) is 0 Å². The average Bonchev–Trinajstić information content (AvgIpc) is 2.17. The molecule has 2 aliphatic rings. The Kier molecular flexibility index (Phi) is 1.84. The van der Waals surface area contributed by atoms with Crippen LogP contribution in [0.15, 0.2) is 47.9 Å². The second kappa shape index (κ2) is 2.99. The molecular formula is C10H11NO. The molecule has 0 aliphatic carbocycles. The fourth-order valence-electron chi connectivity index (χ4n) is 1.44. The summed E-state index contributed by atoms with van der Waals surface area (Å²) in [6.07, 6.45) is 12.1. The van der Waals surface area contributed by atoms with Crippen LogP contribution in [-0.4, -0.2) is 23.2 Å². The van der Waals surface area contributed by atoms with Crippen molar-refractivity contribution in [2.45, 2.75) is 0 Å². The number of hydrogen-bond donors (Lipinski definition) is 1. The Labute approximate surface area is 71.8 Å². The van der Waals surface area contributed by atoms with Crippen LogP contribution >= 0.6 is 0 Å². The first kappa shape index (κ1) is 7.37. The second-order valence-corrected chi connectivity index (χ2v) is 2.82. The van der Waals surface area contributed by atoms with Crippen molar-refractivity contribution in [3.8, 4) is 0 Å². The van der Waals surface area contributed by atoms with E-state index in [1.807, 2.05) is 30.5 Å². The van der Waals surface area contributed by atoms with Crippen LogP contribution in [0.1, 0.15) is 0 Å². The predicted octanol–water partition coefficient (Wildman–Crippen LogP) is 1.19. The highest BCUT2D eigenvalue weighted by Crippen LogP contribution is 2.22. The van der Waals surface area contributed by atoms with Crippen LogP contribution in [0.5, 0.6) is 0 Å². The summed E-state index contributed by atoms with van der Waals surface area (Å²) in [5.74, 6) is 0. The van der Waals surface area contributed by atoms with Gasteiger partial charge < -0.3 is 10.0 Å². The Bertz CT molecular complexity index is 297. The quantitative estimate of drug-likeness (QED) is 0.624. The lowest BCUT2D eigenvalue weighted by Crippen LogP contribution is -2.23. The maximum absolute atomic E-state index is 9.04. The van der Waals surface area contributed by atoms with Crippen LogP contribution in [0.3, 0.4) is 0 Å². The molecule has 0 amide bonds. The van der Waals surface area contributed by atoms with Gasteiger partial charge in [-0.1, -0.05) is 18.2 Å². The van der Waals surface area contributed by atoms with Crippen LogP contribution in [0.2, 0.25) is 0 Å². The zero-order valence-electron chi connectivity index (χ0n) is 6.77. The van der Waals surface area contributed by atoms with Gasteiger partial charge in [-0.15, -0.1) is 0 Å². The molecule has 0 saturated heterocycles. The Morgan fingerprint density at radius 2 is 2.25 bits per heavy atom. The zero-order valence-corrected chi connectivity index (χ0v) is 6.77. The average molecular weight is 161 g/mol. The van der Waals surface area contributed by atoms with Crippen LogP contribution in [0.25, 0.3) is 0 Å². The van der Waals surface area contributed by atoms with Crippen molar-refractivity contribution in [1.29, 1.82) is 0 Å². The molecule has 0 aromatic rings. The minimum absolute atomic E-state index is 0.112. The monoisotopic (exact) mass is 161 g/mol. The molecule has 0 unspecified atom stereocenters. The highest BCUT2D eigenvalue weighted by Gasteiger charge is 2.13. The van der Waals surface area contributed by atoms with E-state index in [4.69, 9.17) is 5.11 Å². The van der Waals surface area contributed by atoms with Crippen LogP contribution in [-0.2, 0) is 0 Å². The van der Waals surface area contributed by atoms with Gasteiger partial charge in [0.1, 0.15) is 0 Å². The molecule has 0 aromatic carbocycles. The number of rotatable bonds is 1. The zero-order chi connectivity index (χ0) is 8.39. The van der Waals surface area contributed by atoms with Gasteiger partial charge in [-0.05, 0) is 12.2 Å². The molecule has 2 heterocycles. The van der Waals surface area contributed by atoms with Gasteiger partial charge in [-0.25, -0.2) is 0 Å². The van der Waals surface area contributed by atoms with Gasteiger partial charge in [0.25, 0.3) is 0 Å². The molecule has 0 spiro atoms. The lowest BCUT2D eigenvalue weighted by molar-refractivity contribution is 0.325. The summed E-state index contributed by atoms with van der Waals surface area (Å²) in [5.41, 5.74) is 2.10. The lowest BCUT2D eigenvalue weighted by atomic mass is 10.1. The molecule has 62 valence electrons. The molecule has 0 fully saturated rings. The van der Waals surface area contributed by atoms with Crippen molar-refractivity contribution in [1.82, 2.24) is 4.90 Å². The number of hydrogen-bond acceptors (Lipinski definition) is 2. The van der Waals surface area contributed by atoms with Crippen LogP contribution < -0.4 is 0 Å². The summed E-state index contributed by atoms with van der Waals surface area (Å²) < 4.78 is 0. The minimum atomic E-state index is 0.112. The number of nitrogens with zero attached hydrogens (tertiary/aromatic N) is 1. The molecule has 12 heavy (non-hydrogen) atoms. The smallest absolute Gasteiger partial charge is 0.0702 e. The summed E-state index contributed by atoms with van der Waals surface area (Å²) in [4.78, 5) is 2.12. The first-order valence-corrected chi connectivity index (χ1v) is 4.04.